The maximum Gasteiger partial charge on any atom is 0.265 e. The van der Waals surface area contributed by atoms with Crippen LogP contribution in [-0.2, 0) is 11.0 Å². The number of piperidine rings is 1. The zero-order valence-corrected chi connectivity index (χ0v) is 17.5. The highest BCUT2D eigenvalue weighted by Crippen LogP contribution is 2.60. The van der Waals surface area contributed by atoms with Crippen LogP contribution >= 0.6 is 0 Å². The van der Waals surface area contributed by atoms with Crippen LogP contribution in [0, 0.1) is 23.2 Å². The van der Waals surface area contributed by atoms with Gasteiger partial charge in [-0.25, -0.2) is 4.21 Å². The van der Waals surface area contributed by atoms with Gasteiger partial charge in [0.2, 0.25) is 0 Å². The summed E-state index contributed by atoms with van der Waals surface area (Å²) in [7, 11) is -1.24. The zero-order chi connectivity index (χ0) is 19.1. The number of carbonyl (C=O) groups excluding carboxylic acids is 1. The number of hydrogen-bond acceptors (Lipinski definition) is 3. The molecule has 28 heavy (non-hydrogen) atoms. The smallest absolute Gasteiger partial charge is 0.265 e. The number of rotatable bonds is 5. The molecule has 1 heterocycles. The van der Waals surface area contributed by atoms with Crippen LogP contribution < -0.4 is 5.32 Å². The van der Waals surface area contributed by atoms with Gasteiger partial charge in [0.1, 0.15) is 11.0 Å². The van der Waals surface area contributed by atoms with Crippen molar-refractivity contribution in [3.63, 3.8) is 0 Å². The van der Waals surface area contributed by atoms with Gasteiger partial charge in [-0.15, -0.1) is 0 Å². The Morgan fingerprint density at radius 2 is 1.57 bits per heavy atom. The zero-order valence-electron chi connectivity index (χ0n) is 16.6. The lowest BCUT2D eigenvalue weighted by atomic mass is 9.49. The molecule has 0 aromatic heterocycles. The predicted molar refractivity (Wildman–Crippen MR) is 112 cm³/mol. The molecule has 4 nitrogen and oxygen atoms in total. The minimum atomic E-state index is -1.24. The van der Waals surface area contributed by atoms with Crippen molar-refractivity contribution >= 4 is 16.9 Å². The van der Waals surface area contributed by atoms with E-state index in [0.29, 0.717) is 12.1 Å². The van der Waals surface area contributed by atoms with Gasteiger partial charge in [-0.1, -0.05) is 18.2 Å². The highest BCUT2D eigenvalue weighted by atomic mass is 32.2. The Kier molecular flexibility index (Phi) is 5.08. The summed E-state index contributed by atoms with van der Waals surface area (Å²) in [5.41, 5.74) is 0.886. The number of amides is 1. The molecular weight excluding hydrogens is 368 g/mol. The normalized spacial score (nSPS) is 35.6. The fraction of sp³-hybridized carbons (Fsp3) is 0.696. The molecule has 1 N–H and O–H groups in total. The molecule has 1 saturated heterocycles. The average Bonchev–Trinajstić information content (AvgIpc) is 2.71. The maximum absolute atomic E-state index is 13.6. The molecule has 1 unspecified atom stereocenters. The van der Waals surface area contributed by atoms with Gasteiger partial charge >= 0.3 is 0 Å². The van der Waals surface area contributed by atoms with Crippen molar-refractivity contribution in [2.24, 2.45) is 23.2 Å². The maximum atomic E-state index is 13.6. The first-order valence-electron chi connectivity index (χ1n) is 11.1. The van der Waals surface area contributed by atoms with Gasteiger partial charge < -0.3 is 5.32 Å². The molecule has 5 heteroatoms. The van der Waals surface area contributed by atoms with Crippen molar-refractivity contribution in [3.8, 4) is 0 Å². The SMILES string of the molecule is O=C(c1ccccc1)N(CC12CC3CC(CC(C3)C1)C2)S(=O)C1CCNCC1. The Morgan fingerprint density at radius 1 is 1.00 bits per heavy atom. The molecule has 4 saturated carbocycles. The highest BCUT2D eigenvalue weighted by Gasteiger charge is 2.52. The molecule has 4 aliphatic carbocycles. The van der Waals surface area contributed by atoms with Crippen LogP contribution in [0.2, 0.25) is 0 Å². The van der Waals surface area contributed by atoms with Crippen molar-refractivity contribution in [1.82, 2.24) is 9.62 Å². The topological polar surface area (TPSA) is 49.4 Å². The predicted octanol–water partition coefficient (Wildman–Crippen LogP) is 3.76. The van der Waals surface area contributed by atoms with Crippen LogP contribution in [-0.4, -0.2) is 39.3 Å². The van der Waals surface area contributed by atoms with Gasteiger partial charge in [0.15, 0.2) is 0 Å². The van der Waals surface area contributed by atoms with Crippen molar-refractivity contribution in [3.05, 3.63) is 35.9 Å². The summed E-state index contributed by atoms with van der Waals surface area (Å²) >= 11 is 0. The highest BCUT2D eigenvalue weighted by molar-refractivity contribution is 7.83. The molecule has 5 fully saturated rings. The second-order valence-electron chi connectivity index (χ2n) is 9.85. The molecule has 1 atom stereocenters. The Bertz CT molecular complexity index is 709. The van der Waals surface area contributed by atoms with Crippen molar-refractivity contribution in [2.75, 3.05) is 19.6 Å². The van der Waals surface area contributed by atoms with Crippen molar-refractivity contribution in [1.29, 1.82) is 0 Å². The van der Waals surface area contributed by atoms with Gasteiger partial charge in [0.25, 0.3) is 5.91 Å². The lowest BCUT2D eigenvalue weighted by molar-refractivity contribution is -0.0577. The molecule has 4 bridgehead atoms. The van der Waals surface area contributed by atoms with E-state index >= 15 is 0 Å². The van der Waals surface area contributed by atoms with Gasteiger partial charge in [-0.3, -0.25) is 9.10 Å². The summed E-state index contributed by atoms with van der Waals surface area (Å²) < 4.78 is 15.4. The Labute approximate surface area is 171 Å². The summed E-state index contributed by atoms with van der Waals surface area (Å²) in [6, 6.07) is 9.49. The van der Waals surface area contributed by atoms with Crippen molar-refractivity contribution < 1.29 is 9.00 Å². The monoisotopic (exact) mass is 400 g/mol. The van der Waals surface area contributed by atoms with Crippen LogP contribution in [0.4, 0.5) is 0 Å². The standard InChI is InChI=1S/C23H32N2O2S/c26-22(20-4-2-1-3-5-20)25(28(27)21-6-8-24-9-7-21)16-23-13-17-10-18(14-23)12-19(11-17)15-23/h1-5,17-19,21,24H,6-16H2. The number of benzene rings is 1. The van der Waals surface area contributed by atoms with Crippen molar-refractivity contribution in [2.45, 2.75) is 56.6 Å². The van der Waals surface area contributed by atoms with E-state index in [-0.39, 0.29) is 16.6 Å². The summed E-state index contributed by atoms with van der Waals surface area (Å²) in [4.78, 5) is 13.5. The molecular formula is C23H32N2O2S. The number of nitrogens with one attached hydrogen (secondary N) is 1. The van der Waals surface area contributed by atoms with E-state index in [1.54, 1.807) is 4.31 Å². The van der Waals surface area contributed by atoms with Gasteiger partial charge in [0.05, 0.1) is 5.25 Å². The van der Waals surface area contributed by atoms with Crippen LogP contribution in [0.5, 0.6) is 0 Å². The van der Waals surface area contributed by atoms with E-state index in [1.807, 2.05) is 30.3 Å². The first-order chi connectivity index (χ1) is 13.6. The molecule has 1 aromatic rings. The van der Waals surface area contributed by atoms with Gasteiger partial charge in [-0.2, -0.15) is 0 Å². The van der Waals surface area contributed by atoms with Gasteiger partial charge in [-0.05, 0) is 99.8 Å². The molecule has 152 valence electrons. The molecule has 1 aliphatic heterocycles. The third kappa shape index (κ3) is 3.56. The summed E-state index contributed by atoms with van der Waals surface area (Å²) in [5.74, 6) is 2.49. The minimum absolute atomic E-state index is 0.0341. The summed E-state index contributed by atoms with van der Waals surface area (Å²) in [6.07, 6.45) is 9.68. The Morgan fingerprint density at radius 3 is 2.14 bits per heavy atom. The van der Waals surface area contributed by atoms with Crippen LogP contribution in [0.3, 0.4) is 0 Å². The first kappa shape index (κ1) is 18.8. The molecule has 0 spiro atoms. The summed E-state index contributed by atoms with van der Waals surface area (Å²) in [5, 5.41) is 3.46. The molecule has 6 rings (SSSR count). The van der Waals surface area contributed by atoms with E-state index in [4.69, 9.17) is 0 Å². The van der Waals surface area contributed by atoms with Crippen LogP contribution in [0.1, 0.15) is 61.7 Å². The lowest BCUT2D eigenvalue weighted by Gasteiger charge is -2.57. The molecule has 1 aromatic carbocycles. The quantitative estimate of drug-likeness (QED) is 0.819. The van der Waals surface area contributed by atoms with E-state index in [0.717, 1.165) is 43.7 Å². The van der Waals surface area contributed by atoms with E-state index in [9.17, 15) is 9.00 Å². The third-order valence-corrected chi connectivity index (χ3v) is 9.45. The number of nitrogens with zero attached hydrogens (tertiary/aromatic N) is 1. The Hall–Kier alpha value is -1.20. The molecule has 0 radical (unpaired) electrons. The lowest BCUT2D eigenvalue weighted by Crippen LogP contribution is -2.53. The van der Waals surface area contributed by atoms with E-state index in [1.165, 1.54) is 38.5 Å². The van der Waals surface area contributed by atoms with E-state index in [2.05, 4.69) is 5.32 Å². The van der Waals surface area contributed by atoms with E-state index < -0.39 is 11.0 Å². The molecule has 1 amide bonds. The minimum Gasteiger partial charge on any atom is -0.317 e. The Balaban J connectivity index is 1.42. The average molecular weight is 401 g/mol. The second kappa shape index (κ2) is 7.56. The fourth-order valence-electron chi connectivity index (χ4n) is 6.91. The largest absolute Gasteiger partial charge is 0.317 e. The number of hydrogen-bond donors (Lipinski definition) is 1. The van der Waals surface area contributed by atoms with Crippen LogP contribution in [0.15, 0.2) is 30.3 Å². The third-order valence-electron chi connectivity index (χ3n) is 7.68. The summed E-state index contributed by atoms with van der Waals surface area (Å²) in [6.45, 7) is 2.50. The first-order valence-corrected chi connectivity index (χ1v) is 12.3. The number of carbonyl (C=O) groups is 1. The fourth-order valence-corrected chi connectivity index (χ4v) is 8.58. The van der Waals surface area contributed by atoms with Crippen LogP contribution in [0.25, 0.3) is 0 Å². The molecule has 5 aliphatic rings. The van der Waals surface area contributed by atoms with Gasteiger partial charge in [0, 0.05) is 12.1 Å². The second-order valence-corrected chi connectivity index (χ2v) is 11.5.